The van der Waals surface area contributed by atoms with Crippen LogP contribution in [0.2, 0.25) is 0 Å². The van der Waals surface area contributed by atoms with Gasteiger partial charge in [0.2, 0.25) is 0 Å². The summed E-state index contributed by atoms with van der Waals surface area (Å²) in [7, 11) is 0. The van der Waals surface area contributed by atoms with Crippen LogP contribution in [0.5, 0.6) is 0 Å². The van der Waals surface area contributed by atoms with Gasteiger partial charge >= 0.3 is 0 Å². The van der Waals surface area contributed by atoms with Gasteiger partial charge in [0, 0.05) is 23.9 Å². The molecule has 0 aliphatic heterocycles. The Morgan fingerprint density at radius 1 is 1.04 bits per heavy atom. The Morgan fingerprint density at radius 3 is 2.54 bits per heavy atom. The number of hydrogen-bond acceptors (Lipinski definition) is 4. The maximum Gasteiger partial charge on any atom is 0.258 e. The van der Waals surface area contributed by atoms with E-state index < -0.39 is 11.7 Å². The molecule has 3 aromatic rings. The molecule has 0 aliphatic carbocycles. The van der Waals surface area contributed by atoms with Crippen LogP contribution in [0.25, 0.3) is 11.0 Å². The van der Waals surface area contributed by atoms with Crippen molar-refractivity contribution in [3.8, 4) is 0 Å². The molecule has 0 saturated carbocycles. The normalized spacial score (nSPS) is 10.7. The molecular weight excluding hydrogens is 359 g/mol. The zero-order valence-electron chi connectivity index (χ0n) is 16.0. The zero-order chi connectivity index (χ0) is 20.3. The van der Waals surface area contributed by atoms with Gasteiger partial charge in [0.1, 0.15) is 11.3 Å². The van der Waals surface area contributed by atoms with E-state index in [1.165, 1.54) is 6.07 Å². The predicted octanol–water partition coefficient (Wildman–Crippen LogP) is 3.78. The van der Waals surface area contributed by atoms with E-state index in [1.54, 1.807) is 38.1 Å². The Hall–Kier alpha value is -3.35. The first kappa shape index (κ1) is 19.4. The van der Waals surface area contributed by atoms with Crippen LogP contribution < -0.4 is 10.6 Å². The number of amides is 2. The summed E-state index contributed by atoms with van der Waals surface area (Å²) >= 11 is 0. The van der Waals surface area contributed by atoms with E-state index in [0.717, 1.165) is 12.5 Å². The molecule has 2 amide bonds. The van der Waals surface area contributed by atoms with E-state index >= 15 is 0 Å². The van der Waals surface area contributed by atoms with Gasteiger partial charge in [0.25, 0.3) is 11.8 Å². The van der Waals surface area contributed by atoms with E-state index in [0.29, 0.717) is 40.2 Å². The van der Waals surface area contributed by atoms with Crippen molar-refractivity contribution in [1.82, 2.24) is 15.3 Å². The van der Waals surface area contributed by atoms with Crippen LogP contribution in [0.3, 0.4) is 0 Å². The second kappa shape index (κ2) is 8.12. The van der Waals surface area contributed by atoms with E-state index in [4.69, 9.17) is 0 Å². The minimum Gasteiger partial charge on any atom is -0.352 e. The summed E-state index contributed by atoms with van der Waals surface area (Å²) in [4.78, 5) is 33.6. The van der Waals surface area contributed by atoms with Crippen LogP contribution in [0, 0.1) is 19.7 Å². The molecule has 6 nitrogen and oxygen atoms in total. The van der Waals surface area contributed by atoms with Crippen LogP contribution in [-0.4, -0.2) is 28.3 Å². The quantitative estimate of drug-likeness (QED) is 0.706. The van der Waals surface area contributed by atoms with Crippen LogP contribution >= 0.6 is 0 Å². The Balaban J connectivity index is 1.92. The molecule has 0 spiro atoms. The van der Waals surface area contributed by atoms with Crippen molar-refractivity contribution in [2.75, 3.05) is 11.9 Å². The van der Waals surface area contributed by atoms with Gasteiger partial charge in [-0.3, -0.25) is 9.59 Å². The molecule has 0 fully saturated rings. The topological polar surface area (TPSA) is 84.0 Å². The summed E-state index contributed by atoms with van der Waals surface area (Å²) in [5.41, 5.74) is 2.95. The number of anilines is 1. The first-order valence-corrected chi connectivity index (χ1v) is 9.03. The van der Waals surface area contributed by atoms with Crippen LogP contribution in [0.1, 0.15) is 45.4 Å². The highest BCUT2D eigenvalue weighted by atomic mass is 19.1. The standard InChI is InChI=1S/C21H21FN4O2/c1-4-8-23-20(27)14-6-5-7-16(9-14)26-21(28)17-10-15(22)11-18-19(17)25-13(3)12(2)24-18/h5-7,9-11H,4,8H2,1-3H3,(H,23,27)(H,26,28). The first-order valence-electron chi connectivity index (χ1n) is 9.03. The molecule has 0 aliphatic rings. The average molecular weight is 380 g/mol. The number of aromatic nitrogens is 2. The number of aryl methyl sites for hydroxylation is 2. The first-order chi connectivity index (χ1) is 13.4. The van der Waals surface area contributed by atoms with Crippen molar-refractivity contribution >= 4 is 28.5 Å². The minimum absolute atomic E-state index is 0.0893. The van der Waals surface area contributed by atoms with Crippen molar-refractivity contribution in [1.29, 1.82) is 0 Å². The van der Waals surface area contributed by atoms with Gasteiger partial charge in [-0.25, -0.2) is 14.4 Å². The zero-order valence-corrected chi connectivity index (χ0v) is 16.0. The van der Waals surface area contributed by atoms with Crippen molar-refractivity contribution < 1.29 is 14.0 Å². The molecule has 3 rings (SSSR count). The average Bonchev–Trinajstić information content (AvgIpc) is 2.67. The van der Waals surface area contributed by atoms with Crippen LogP contribution in [0.4, 0.5) is 10.1 Å². The largest absolute Gasteiger partial charge is 0.352 e. The number of benzene rings is 2. The van der Waals surface area contributed by atoms with Crippen LogP contribution in [0.15, 0.2) is 36.4 Å². The van der Waals surface area contributed by atoms with E-state index in [2.05, 4.69) is 20.6 Å². The van der Waals surface area contributed by atoms with Crippen molar-refractivity contribution in [3.63, 3.8) is 0 Å². The SMILES string of the molecule is CCCNC(=O)c1cccc(NC(=O)c2cc(F)cc3nc(C)c(C)nc23)c1. The number of fused-ring (bicyclic) bond motifs is 1. The minimum atomic E-state index is -0.567. The predicted molar refractivity (Wildman–Crippen MR) is 106 cm³/mol. The summed E-state index contributed by atoms with van der Waals surface area (Å²) in [5.74, 6) is -1.30. The third kappa shape index (κ3) is 4.14. The Labute approximate surface area is 162 Å². The summed E-state index contributed by atoms with van der Waals surface area (Å²) in [6, 6.07) is 8.97. The smallest absolute Gasteiger partial charge is 0.258 e. The summed E-state index contributed by atoms with van der Waals surface area (Å²) in [6.07, 6.45) is 0.828. The molecule has 0 unspecified atom stereocenters. The maximum absolute atomic E-state index is 14.0. The molecule has 1 aromatic heterocycles. The lowest BCUT2D eigenvalue weighted by atomic mass is 10.1. The fourth-order valence-corrected chi connectivity index (χ4v) is 2.75. The summed E-state index contributed by atoms with van der Waals surface area (Å²) in [6.45, 7) is 6.10. The van der Waals surface area contributed by atoms with Crippen molar-refractivity contribution in [3.05, 3.63) is 64.7 Å². The molecule has 0 saturated heterocycles. The molecule has 0 atom stereocenters. The van der Waals surface area contributed by atoms with Gasteiger partial charge in [0.05, 0.1) is 22.5 Å². The number of carbonyl (C=O) groups excluding carboxylic acids is 2. The second-order valence-electron chi connectivity index (χ2n) is 6.51. The van der Waals surface area contributed by atoms with Gasteiger partial charge in [-0.05, 0) is 44.5 Å². The number of nitrogens with zero attached hydrogens (tertiary/aromatic N) is 2. The molecule has 144 valence electrons. The fraction of sp³-hybridized carbons (Fsp3) is 0.238. The number of carbonyl (C=O) groups is 2. The van der Waals surface area contributed by atoms with Gasteiger partial charge in [0.15, 0.2) is 0 Å². The lowest BCUT2D eigenvalue weighted by Gasteiger charge is -2.10. The maximum atomic E-state index is 14.0. The monoisotopic (exact) mass is 380 g/mol. The highest BCUT2D eigenvalue weighted by Crippen LogP contribution is 2.21. The number of hydrogen-bond donors (Lipinski definition) is 2. The van der Waals surface area contributed by atoms with E-state index in [1.807, 2.05) is 6.92 Å². The summed E-state index contributed by atoms with van der Waals surface area (Å²) in [5, 5.41) is 5.49. The van der Waals surface area contributed by atoms with E-state index in [9.17, 15) is 14.0 Å². The highest BCUT2D eigenvalue weighted by Gasteiger charge is 2.16. The highest BCUT2D eigenvalue weighted by molar-refractivity contribution is 6.11. The lowest BCUT2D eigenvalue weighted by Crippen LogP contribution is -2.24. The van der Waals surface area contributed by atoms with Crippen molar-refractivity contribution in [2.24, 2.45) is 0 Å². The molecule has 7 heteroatoms. The fourth-order valence-electron chi connectivity index (χ4n) is 2.75. The third-order valence-corrected chi connectivity index (χ3v) is 4.31. The molecule has 2 N–H and O–H groups in total. The Bertz CT molecular complexity index is 1070. The molecule has 1 heterocycles. The van der Waals surface area contributed by atoms with Gasteiger partial charge in [-0.1, -0.05) is 13.0 Å². The van der Waals surface area contributed by atoms with Gasteiger partial charge < -0.3 is 10.6 Å². The second-order valence-corrected chi connectivity index (χ2v) is 6.51. The number of halogens is 1. The van der Waals surface area contributed by atoms with Gasteiger partial charge in [-0.2, -0.15) is 0 Å². The van der Waals surface area contributed by atoms with Crippen LogP contribution in [-0.2, 0) is 0 Å². The van der Waals surface area contributed by atoms with Gasteiger partial charge in [-0.15, -0.1) is 0 Å². The third-order valence-electron chi connectivity index (χ3n) is 4.31. The van der Waals surface area contributed by atoms with E-state index in [-0.39, 0.29) is 11.5 Å². The lowest BCUT2D eigenvalue weighted by molar-refractivity contribution is 0.0952. The molecule has 0 radical (unpaired) electrons. The Morgan fingerprint density at radius 2 is 1.79 bits per heavy atom. The number of nitrogens with one attached hydrogen (secondary N) is 2. The summed E-state index contributed by atoms with van der Waals surface area (Å²) < 4.78 is 14.0. The van der Waals surface area contributed by atoms with Crippen molar-refractivity contribution in [2.45, 2.75) is 27.2 Å². The Kier molecular flexibility index (Phi) is 5.63. The molecule has 0 bridgehead atoms. The molecular formula is C21H21FN4O2. The molecule has 28 heavy (non-hydrogen) atoms. The molecule has 2 aromatic carbocycles. The number of rotatable bonds is 5.